The maximum Gasteiger partial charge on any atom is 0.120 e. The highest BCUT2D eigenvalue weighted by molar-refractivity contribution is 7.08. The summed E-state index contributed by atoms with van der Waals surface area (Å²) < 4.78 is 0. The Kier molecular flexibility index (Phi) is 5.34. The van der Waals surface area contributed by atoms with E-state index < -0.39 is 5.60 Å². The zero-order valence-corrected chi connectivity index (χ0v) is 14.8. The van der Waals surface area contributed by atoms with Crippen LogP contribution in [0.5, 0.6) is 0 Å². The second-order valence-corrected chi connectivity index (χ2v) is 7.97. The number of nitrogens with zero attached hydrogens (tertiary/aromatic N) is 1. The Balaban J connectivity index is 1.83. The van der Waals surface area contributed by atoms with Crippen LogP contribution in [0.15, 0.2) is 33.7 Å². The summed E-state index contributed by atoms with van der Waals surface area (Å²) >= 11 is 3.32. The molecule has 1 aliphatic rings. The van der Waals surface area contributed by atoms with E-state index >= 15 is 0 Å². The molecule has 0 bridgehead atoms. The zero-order chi connectivity index (χ0) is 15.4. The molecule has 4 heteroatoms. The van der Waals surface area contributed by atoms with E-state index in [1.54, 1.807) is 22.7 Å². The van der Waals surface area contributed by atoms with Gasteiger partial charge in [-0.15, -0.1) is 0 Å². The third kappa shape index (κ3) is 3.30. The summed E-state index contributed by atoms with van der Waals surface area (Å²) in [4.78, 5) is 2.54. The van der Waals surface area contributed by atoms with E-state index in [1.165, 1.54) is 38.8 Å². The van der Waals surface area contributed by atoms with Gasteiger partial charge in [-0.2, -0.15) is 22.7 Å². The molecule has 3 heterocycles. The maximum atomic E-state index is 11.6. The number of thiophene rings is 2. The highest BCUT2D eigenvalue weighted by atomic mass is 32.1. The van der Waals surface area contributed by atoms with Gasteiger partial charge in [-0.3, -0.25) is 0 Å². The lowest BCUT2D eigenvalue weighted by atomic mass is 9.79. The van der Waals surface area contributed by atoms with Crippen molar-refractivity contribution < 1.29 is 5.11 Å². The van der Waals surface area contributed by atoms with E-state index in [-0.39, 0.29) is 5.92 Å². The number of hydrogen-bond acceptors (Lipinski definition) is 4. The molecular weight excluding hydrogens is 310 g/mol. The summed E-state index contributed by atoms with van der Waals surface area (Å²) in [5.74, 6) is 0.176. The van der Waals surface area contributed by atoms with Crippen LogP contribution in [0.3, 0.4) is 0 Å². The number of hydrogen-bond donors (Lipinski definition) is 1. The first-order valence-electron chi connectivity index (χ1n) is 8.21. The van der Waals surface area contributed by atoms with Crippen molar-refractivity contribution in [3.05, 3.63) is 44.8 Å². The van der Waals surface area contributed by atoms with Crippen LogP contribution in [-0.2, 0) is 5.60 Å². The normalized spacial score (nSPS) is 19.0. The molecule has 1 unspecified atom stereocenters. The monoisotopic (exact) mass is 335 g/mol. The van der Waals surface area contributed by atoms with E-state index in [4.69, 9.17) is 0 Å². The summed E-state index contributed by atoms with van der Waals surface area (Å²) in [5.41, 5.74) is 1.21. The van der Waals surface area contributed by atoms with Crippen LogP contribution in [-0.4, -0.2) is 29.6 Å². The van der Waals surface area contributed by atoms with Crippen molar-refractivity contribution in [3.8, 4) is 0 Å². The second kappa shape index (κ2) is 7.26. The van der Waals surface area contributed by atoms with E-state index in [0.29, 0.717) is 0 Å². The van der Waals surface area contributed by atoms with Gasteiger partial charge in [-0.05, 0) is 70.7 Å². The van der Waals surface area contributed by atoms with Crippen molar-refractivity contribution in [2.45, 2.75) is 38.2 Å². The minimum absolute atomic E-state index is 0.176. The topological polar surface area (TPSA) is 23.5 Å². The average Bonchev–Trinajstić information content (AvgIpc) is 3.18. The summed E-state index contributed by atoms with van der Waals surface area (Å²) in [6.07, 6.45) is 5.29. The Morgan fingerprint density at radius 3 is 2.05 bits per heavy atom. The van der Waals surface area contributed by atoms with Crippen LogP contribution >= 0.6 is 22.7 Å². The molecule has 0 aliphatic carbocycles. The lowest BCUT2D eigenvalue weighted by molar-refractivity contribution is 0.00851. The van der Waals surface area contributed by atoms with Crippen LogP contribution in [0.1, 0.15) is 43.7 Å². The highest BCUT2D eigenvalue weighted by Crippen LogP contribution is 2.39. The fourth-order valence-electron chi connectivity index (χ4n) is 3.54. The van der Waals surface area contributed by atoms with Gasteiger partial charge in [0.25, 0.3) is 0 Å². The molecule has 0 amide bonds. The zero-order valence-electron chi connectivity index (χ0n) is 13.2. The predicted octanol–water partition coefficient (Wildman–Crippen LogP) is 4.56. The average molecular weight is 336 g/mol. The molecule has 0 spiro atoms. The largest absolute Gasteiger partial charge is 0.380 e. The van der Waals surface area contributed by atoms with Gasteiger partial charge < -0.3 is 10.0 Å². The van der Waals surface area contributed by atoms with Crippen LogP contribution in [0.2, 0.25) is 0 Å². The Hall–Kier alpha value is -0.680. The predicted molar refractivity (Wildman–Crippen MR) is 95.7 cm³/mol. The Bertz CT molecular complexity index is 507. The molecule has 2 aromatic heterocycles. The fourth-order valence-corrected chi connectivity index (χ4v) is 4.95. The number of aliphatic hydroxyl groups is 1. The van der Waals surface area contributed by atoms with Crippen LogP contribution in [0.25, 0.3) is 0 Å². The van der Waals surface area contributed by atoms with Gasteiger partial charge in [0.15, 0.2) is 0 Å². The molecule has 0 radical (unpaired) electrons. The summed E-state index contributed by atoms with van der Waals surface area (Å²) in [6.45, 7) is 5.50. The van der Waals surface area contributed by atoms with Crippen molar-refractivity contribution in [1.29, 1.82) is 0 Å². The van der Waals surface area contributed by atoms with Gasteiger partial charge in [0.2, 0.25) is 0 Å². The molecule has 0 saturated carbocycles. The van der Waals surface area contributed by atoms with E-state index in [0.717, 1.165) is 17.7 Å². The van der Waals surface area contributed by atoms with E-state index in [1.807, 2.05) is 0 Å². The molecular formula is C18H25NOS2. The van der Waals surface area contributed by atoms with Crippen molar-refractivity contribution in [3.63, 3.8) is 0 Å². The molecule has 1 fully saturated rings. The van der Waals surface area contributed by atoms with Crippen molar-refractivity contribution in [1.82, 2.24) is 4.90 Å². The van der Waals surface area contributed by atoms with E-state index in [2.05, 4.69) is 45.5 Å². The first-order chi connectivity index (χ1) is 10.7. The standard InChI is InChI=1S/C18H25NOS2/c1-15(12-19-8-4-2-3-5-9-19)18(20,16-6-10-21-13-16)17-7-11-22-14-17/h6-7,10-11,13-15,20H,2-5,8-9,12H2,1H3. The van der Waals surface area contributed by atoms with Crippen LogP contribution in [0.4, 0.5) is 0 Å². The molecule has 1 saturated heterocycles. The Morgan fingerprint density at radius 1 is 1.05 bits per heavy atom. The highest BCUT2D eigenvalue weighted by Gasteiger charge is 2.39. The van der Waals surface area contributed by atoms with Gasteiger partial charge >= 0.3 is 0 Å². The second-order valence-electron chi connectivity index (χ2n) is 6.41. The van der Waals surface area contributed by atoms with Crippen molar-refractivity contribution in [2.75, 3.05) is 19.6 Å². The first kappa shape index (κ1) is 16.2. The molecule has 1 atom stereocenters. The molecule has 2 aromatic rings. The maximum absolute atomic E-state index is 11.6. The third-order valence-corrected chi connectivity index (χ3v) is 6.23. The molecule has 0 aromatic carbocycles. The molecule has 3 rings (SSSR count). The molecule has 22 heavy (non-hydrogen) atoms. The third-order valence-electron chi connectivity index (χ3n) is 4.87. The van der Waals surface area contributed by atoms with Crippen LogP contribution in [0, 0.1) is 5.92 Å². The van der Waals surface area contributed by atoms with Gasteiger partial charge in [0.1, 0.15) is 5.60 Å². The molecule has 1 N–H and O–H groups in total. The molecule has 120 valence electrons. The summed E-state index contributed by atoms with van der Waals surface area (Å²) in [6, 6.07) is 4.14. The van der Waals surface area contributed by atoms with E-state index in [9.17, 15) is 5.11 Å². The fraction of sp³-hybridized carbons (Fsp3) is 0.556. The lowest BCUT2D eigenvalue weighted by Crippen LogP contribution is -2.42. The quantitative estimate of drug-likeness (QED) is 0.866. The summed E-state index contributed by atoms with van der Waals surface area (Å²) in [5, 5.41) is 19.9. The van der Waals surface area contributed by atoms with Gasteiger partial charge in [-0.25, -0.2) is 0 Å². The minimum Gasteiger partial charge on any atom is -0.380 e. The Morgan fingerprint density at radius 2 is 1.59 bits per heavy atom. The van der Waals surface area contributed by atoms with Gasteiger partial charge in [0.05, 0.1) is 0 Å². The van der Waals surface area contributed by atoms with Crippen molar-refractivity contribution in [2.24, 2.45) is 5.92 Å². The lowest BCUT2D eigenvalue weighted by Gasteiger charge is -2.36. The van der Waals surface area contributed by atoms with Gasteiger partial charge in [-0.1, -0.05) is 19.8 Å². The smallest absolute Gasteiger partial charge is 0.120 e. The molecule has 2 nitrogen and oxygen atoms in total. The Labute approximate surface area is 141 Å². The number of rotatable bonds is 5. The van der Waals surface area contributed by atoms with Crippen molar-refractivity contribution >= 4 is 22.7 Å². The van der Waals surface area contributed by atoms with Gasteiger partial charge in [0, 0.05) is 12.5 Å². The first-order valence-corrected chi connectivity index (χ1v) is 10.1. The van der Waals surface area contributed by atoms with Crippen LogP contribution < -0.4 is 0 Å². The number of likely N-dealkylation sites (tertiary alicyclic amines) is 1. The minimum atomic E-state index is -0.869. The SMILES string of the molecule is CC(CN1CCCCCC1)C(O)(c1ccsc1)c1ccsc1. The molecule has 1 aliphatic heterocycles. The summed E-state index contributed by atoms with van der Waals surface area (Å²) in [7, 11) is 0.